The van der Waals surface area contributed by atoms with Crippen molar-refractivity contribution in [1.82, 2.24) is 0 Å². The lowest BCUT2D eigenvalue weighted by Crippen LogP contribution is -2.02. The van der Waals surface area contributed by atoms with Crippen LogP contribution in [0.5, 0.6) is 0 Å². The minimum atomic E-state index is 0.286. The molecule has 0 amide bonds. The Bertz CT molecular complexity index is 289. The SMILES string of the molecule is CSc1ccsc1C(=O)CC(C)C. The number of hydrogen-bond donors (Lipinski definition) is 0. The van der Waals surface area contributed by atoms with Gasteiger partial charge in [-0.25, -0.2) is 0 Å². The van der Waals surface area contributed by atoms with E-state index in [0.717, 1.165) is 9.77 Å². The molecule has 0 unspecified atom stereocenters. The zero-order valence-electron chi connectivity index (χ0n) is 8.16. The van der Waals surface area contributed by atoms with E-state index < -0.39 is 0 Å². The maximum absolute atomic E-state index is 11.7. The van der Waals surface area contributed by atoms with Gasteiger partial charge in [-0.1, -0.05) is 13.8 Å². The van der Waals surface area contributed by atoms with Crippen LogP contribution in [0.25, 0.3) is 0 Å². The Morgan fingerprint density at radius 3 is 2.85 bits per heavy atom. The second-order valence-corrected chi connectivity index (χ2v) is 5.10. The van der Waals surface area contributed by atoms with Crippen LogP contribution in [0.2, 0.25) is 0 Å². The Kier molecular flexibility index (Phi) is 4.00. The van der Waals surface area contributed by atoms with Gasteiger partial charge in [0.2, 0.25) is 0 Å². The molecule has 1 aromatic rings. The molecular formula is C10H14OS2. The van der Waals surface area contributed by atoms with Crippen LogP contribution < -0.4 is 0 Å². The molecule has 0 aliphatic carbocycles. The summed E-state index contributed by atoms with van der Waals surface area (Å²) in [6.45, 7) is 4.15. The number of carbonyl (C=O) groups is 1. The number of ketones is 1. The van der Waals surface area contributed by atoms with E-state index in [2.05, 4.69) is 13.8 Å². The first-order valence-corrected chi connectivity index (χ1v) is 6.40. The van der Waals surface area contributed by atoms with Gasteiger partial charge >= 0.3 is 0 Å². The summed E-state index contributed by atoms with van der Waals surface area (Å²) in [4.78, 5) is 13.7. The molecule has 0 atom stereocenters. The molecule has 1 rings (SSSR count). The quantitative estimate of drug-likeness (QED) is 0.561. The molecule has 0 N–H and O–H groups in total. The summed E-state index contributed by atoms with van der Waals surface area (Å²) in [6.07, 6.45) is 2.67. The van der Waals surface area contributed by atoms with Gasteiger partial charge in [0.05, 0.1) is 4.88 Å². The normalized spacial score (nSPS) is 10.8. The van der Waals surface area contributed by atoms with Gasteiger partial charge in [-0.15, -0.1) is 23.1 Å². The third-order valence-corrected chi connectivity index (χ3v) is 3.56. The van der Waals surface area contributed by atoms with Crippen molar-refractivity contribution < 1.29 is 4.79 Å². The highest BCUT2D eigenvalue weighted by Gasteiger charge is 2.13. The number of thiophene rings is 1. The summed E-state index contributed by atoms with van der Waals surface area (Å²) in [7, 11) is 0. The molecule has 0 aromatic carbocycles. The third-order valence-electron chi connectivity index (χ3n) is 1.70. The Hall–Kier alpha value is -0.280. The number of hydrogen-bond acceptors (Lipinski definition) is 3. The second-order valence-electron chi connectivity index (χ2n) is 3.34. The van der Waals surface area contributed by atoms with Crippen molar-refractivity contribution in [3.05, 3.63) is 16.3 Å². The maximum atomic E-state index is 11.7. The van der Waals surface area contributed by atoms with Crippen molar-refractivity contribution in [2.24, 2.45) is 5.92 Å². The zero-order valence-corrected chi connectivity index (χ0v) is 9.80. The van der Waals surface area contributed by atoms with E-state index in [0.29, 0.717) is 12.3 Å². The van der Waals surface area contributed by atoms with E-state index >= 15 is 0 Å². The highest BCUT2D eigenvalue weighted by atomic mass is 32.2. The molecule has 3 heteroatoms. The average molecular weight is 214 g/mol. The van der Waals surface area contributed by atoms with Gasteiger partial charge < -0.3 is 0 Å². The molecule has 0 fully saturated rings. The van der Waals surface area contributed by atoms with Crippen molar-refractivity contribution in [3.63, 3.8) is 0 Å². The van der Waals surface area contributed by atoms with Gasteiger partial charge in [-0.3, -0.25) is 4.79 Å². The van der Waals surface area contributed by atoms with Gasteiger partial charge in [-0.05, 0) is 23.6 Å². The predicted octanol–water partition coefficient (Wildman–Crippen LogP) is 3.70. The monoisotopic (exact) mass is 214 g/mol. The Labute approximate surface area is 87.5 Å². The molecule has 0 aliphatic heterocycles. The fourth-order valence-corrected chi connectivity index (χ4v) is 2.85. The summed E-state index contributed by atoms with van der Waals surface area (Å²) >= 11 is 3.20. The zero-order chi connectivity index (χ0) is 9.84. The summed E-state index contributed by atoms with van der Waals surface area (Å²) in [5.74, 6) is 0.735. The van der Waals surface area contributed by atoms with Gasteiger partial charge in [0.1, 0.15) is 0 Å². The van der Waals surface area contributed by atoms with Crippen molar-refractivity contribution in [3.8, 4) is 0 Å². The van der Waals surface area contributed by atoms with Crippen LogP contribution in [0.1, 0.15) is 29.9 Å². The van der Waals surface area contributed by atoms with Crippen molar-refractivity contribution >= 4 is 28.9 Å². The largest absolute Gasteiger partial charge is 0.293 e. The number of rotatable bonds is 4. The number of Topliss-reactive ketones (excluding diaryl/α,β-unsaturated/α-hetero) is 1. The summed E-state index contributed by atoms with van der Waals surface area (Å²) in [6, 6.07) is 2.02. The van der Waals surface area contributed by atoms with Crippen molar-refractivity contribution in [1.29, 1.82) is 0 Å². The molecule has 13 heavy (non-hydrogen) atoms. The van der Waals surface area contributed by atoms with Crippen LogP contribution in [-0.2, 0) is 0 Å². The predicted molar refractivity (Wildman–Crippen MR) is 59.9 cm³/mol. The van der Waals surface area contributed by atoms with Gasteiger partial charge in [0, 0.05) is 11.3 Å². The third kappa shape index (κ3) is 2.85. The highest BCUT2D eigenvalue weighted by molar-refractivity contribution is 7.98. The van der Waals surface area contributed by atoms with E-state index in [9.17, 15) is 4.79 Å². The fraction of sp³-hybridized carbons (Fsp3) is 0.500. The first kappa shape index (κ1) is 10.8. The first-order chi connectivity index (χ1) is 6.15. The smallest absolute Gasteiger partial charge is 0.174 e. The molecule has 1 aromatic heterocycles. The van der Waals surface area contributed by atoms with E-state index in [1.54, 1.807) is 23.1 Å². The average Bonchev–Trinajstić information content (AvgIpc) is 2.49. The highest BCUT2D eigenvalue weighted by Crippen LogP contribution is 2.27. The van der Waals surface area contributed by atoms with Crippen LogP contribution in [0.3, 0.4) is 0 Å². The van der Waals surface area contributed by atoms with Crippen LogP contribution in [0.4, 0.5) is 0 Å². The lowest BCUT2D eigenvalue weighted by Gasteiger charge is -2.02. The molecule has 72 valence electrons. The Morgan fingerprint density at radius 2 is 2.31 bits per heavy atom. The van der Waals surface area contributed by atoms with Crippen LogP contribution >= 0.6 is 23.1 Å². The van der Waals surface area contributed by atoms with E-state index in [1.807, 2.05) is 17.7 Å². The second kappa shape index (κ2) is 4.82. The van der Waals surface area contributed by atoms with E-state index in [-0.39, 0.29) is 5.78 Å². The minimum absolute atomic E-state index is 0.286. The van der Waals surface area contributed by atoms with Gasteiger partial charge in [0.25, 0.3) is 0 Å². The van der Waals surface area contributed by atoms with E-state index in [4.69, 9.17) is 0 Å². The van der Waals surface area contributed by atoms with Gasteiger partial charge in [-0.2, -0.15) is 0 Å². The summed E-state index contributed by atoms with van der Waals surface area (Å²) < 4.78 is 0. The van der Waals surface area contributed by atoms with Crippen LogP contribution in [-0.4, -0.2) is 12.0 Å². The molecule has 1 nitrogen and oxygen atoms in total. The Balaban J connectivity index is 2.76. The topological polar surface area (TPSA) is 17.1 Å². The molecule has 0 bridgehead atoms. The summed E-state index contributed by atoms with van der Waals surface area (Å²) in [5, 5.41) is 1.99. The lowest BCUT2D eigenvalue weighted by molar-refractivity contribution is 0.0969. The molecule has 0 saturated carbocycles. The fourth-order valence-electron chi connectivity index (χ4n) is 1.12. The standard InChI is InChI=1S/C10H14OS2/c1-7(2)6-8(11)10-9(12-3)4-5-13-10/h4-5,7H,6H2,1-3H3. The number of thioether (sulfide) groups is 1. The number of carbonyl (C=O) groups excluding carboxylic acids is 1. The van der Waals surface area contributed by atoms with Gasteiger partial charge in [0.15, 0.2) is 5.78 Å². The molecule has 0 saturated heterocycles. The van der Waals surface area contributed by atoms with Crippen LogP contribution in [0.15, 0.2) is 16.3 Å². The Morgan fingerprint density at radius 1 is 1.62 bits per heavy atom. The summed E-state index contributed by atoms with van der Waals surface area (Å²) in [5.41, 5.74) is 0. The molecule has 0 aliphatic rings. The molecule has 1 heterocycles. The molecule has 0 spiro atoms. The maximum Gasteiger partial charge on any atom is 0.174 e. The lowest BCUT2D eigenvalue weighted by atomic mass is 10.1. The molecular weight excluding hydrogens is 200 g/mol. The minimum Gasteiger partial charge on any atom is -0.293 e. The van der Waals surface area contributed by atoms with Crippen molar-refractivity contribution in [2.75, 3.05) is 6.26 Å². The van der Waals surface area contributed by atoms with Crippen molar-refractivity contribution in [2.45, 2.75) is 25.2 Å². The first-order valence-electron chi connectivity index (χ1n) is 4.29. The molecule has 0 radical (unpaired) electrons. The van der Waals surface area contributed by atoms with Crippen LogP contribution in [0, 0.1) is 5.92 Å². The van der Waals surface area contributed by atoms with E-state index in [1.165, 1.54) is 0 Å².